The first-order valence-corrected chi connectivity index (χ1v) is 6.03. The number of nitrogens with zero attached hydrogens (tertiary/aromatic N) is 1. The van der Waals surface area contributed by atoms with E-state index >= 15 is 0 Å². The van der Waals surface area contributed by atoms with Crippen molar-refractivity contribution < 1.29 is 4.39 Å². The van der Waals surface area contributed by atoms with Gasteiger partial charge in [-0.15, -0.1) is 24.0 Å². The second kappa shape index (κ2) is 10.1. The van der Waals surface area contributed by atoms with Crippen LogP contribution in [-0.4, -0.2) is 25.6 Å². The molecule has 3 nitrogen and oxygen atoms in total. The Hall–Kier alpha value is -0.850. The van der Waals surface area contributed by atoms with Crippen molar-refractivity contribution in [3.05, 3.63) is 35.6 Å². The minimum absolute atomic E-state index is 0. The summed E-state index contributed by atoms with van der Waals surface area (Å²) in [5, 5.41) is 6.29. The molecule has 5 heteroatoms. The maximum absolute atomic E-state index is 12.9. The highest BCUT2D eigenvalue weighted by Gasteiger charge is 1.96. The minimum atomic E-state index is -0.190. The maximum atomic E-state index is 12.9. The van der Waals surface area contributed by atoms with Gasteiger partial charge in [-0.3, -0.25) is 4.99 Å². The fraction of sp³-hybridized carbons (Fsp3) is 0.462. The number of hydrogen-bond donors (Lipinski definition) is 2. The SMILES string of the molecule is CCNC(=NCCc1cccc(F)c1)NCC.I. The quantitative estimate of drug-likeness (QED) is 0.478. The molecule has 0 saturated heterocycles. The molecule has 18 heavy (non-hydrogen) atoms. The molecule has 0 heterocycles. The number of nitrogens with one attached hydrogen (secondary N) is 2. The van der Waals surface area contributed by atoms with Gasteiger partial charge in [0.15, 0.2) is 5.96 Å². The number of aliphatic imine (C=N–C) groups is 1. The van der Waals surface area contributed by atoms with Gasteiger partial charge in [0.05, 0.1) is 0 Å². The van der Waals surface area contributed by atoms with Crippen molar-refractivity contribution in [1.82, 2.24) is 10.6 Å². The van der Waals surface area contributed by atoms with Crippen molar-refractivity contribution in [2.24, 2.45) is 4.99 Å². The standard InChI is InChI=1S/C13H20FN3.HI/c1-3-15-13(16-4-2)17-9-8-11-6-5-7-12(14)10-11;/h5-7,10H,3-4,8-9H2,1-2H3,(H2,15,16,17);1H. The molecule has 1 aromatic rings. The molecular formula is C13H21FIN3. The van der Waals surface area contributed by atoms with Crippen LogP contribution < -0.4 is 10.6 Å². The van der Waals surface area contributed by atoms with E-state index in [1.165, 1.54) is 6.07 Å². The van der Waals surface area contributed by atoms with Gasteiger partial charge in [-0.1, -0.05) is 12.1 Å². The van der Waals surface area contributed by atoms with Crippen molar-refractivity contribution in [2.75, 3.05) is 19.6 Å². The lowest BCUT2D eigenvalue weighted by atomic mass is 10.1. The summed E-state index contributed by atoms with van der Waals surface area (Å²) in [6.45, 7) is 6.38. The molecule has 0 aliphatic rings. The van der Waals surface area contributed by atoms with Gasteiger partial charge < -0.3 is 10.6 Å². The van der Waals surface area contributed by atoms with Gasteiger partial charge in [-0.25, -0.2) is 4.39 Å². The van der Waals surface area contributed by atoms with E-state index < -0.39 is 0 Å². The molecule has 1 rings (SSSR count). The zero-order valence-electron chi connectivity index (χ0n) is 10.9. The summed E-state index contributed by atoms with van der Waals surface area (Å²) in [6.07, 6.45) is 0.748. The summed E-state index contributed by atoms with van der Waals surface area (Å²) < 4.78 is 12.9. The Balaban J connectivity index is 0.00000289. The zero-order chi connectivity index (χ0) is 12.5. The summed E-state index contributed by atoms with van der Waals surface area (Å²) in [7, 11) is 0. The van der Waals surface area contributed by atoms with Gasteiger partial charge >= 0.3 is 0 Å². The second-order valence-corrected chi connectivity index (χ2v) is 3.67. The molecule has 0 unspecified atom stereocenters. The summed E-state index contributed by atoms with van der Waals surface area (Å²) in [6, 6.07) is 6.65. The third-order valence-electron chi connectivity index (χ3n) is 2.25. The fourth-order valence-corrected chi connectivity index (χ4v) is 1.50. The molecule has 0 aliphatic heterocycles. The summed E-state index contributed by atoms with van der Waals surface area (Å²) in [5.41, 5.74) is 0.973. The number of benzene rings is 1. The Kier molecular flexibility index (Phi) is 9.63. The van der Waals surface area contributed by atoms with Crippen molar-refractivity contribution in [3.63, 3.8) is 0 Å². The Morgan fingerprint density at radius 3 is 2.44 bits per heavy atom. The van der Waals surface area contributed by atoms with Crippen molar-refractivity contribution in [1.29, 1.82) is 0 Å². The van der Waals surface area contributed by atoms with E-state index in [0.717, 1.165) is 31.0 Å². The van der Waals surface area contributed by atoms with Crippen molar-refractivity contribution in [3.8, 4) is 0 Å². The van der Waals surface area contributed by atoms with Crippen LogP contribution >= 0.6 is 24.0 Å². The lowest BCUT2D eigenvalue weighted by Crippen LogP contribution is -2.37. The van der Waals surface area contributed by atoms with Crippen molar-refractivity contribution in [2.45, 2.75) is 20.3 Å². The lowest BCUT2D eigenvalue weighted by Gasteiger charge is -2.08. The third-order valence-corrected chi connectivity index (χ3v) is 2.25. The predicted molar refractivity (Wildman–Crippen MR) is 85.2 cm³/mol. The number of hydrogen-bond acceptors (Lipinski definition) is 1. The number of rotatable bonds is 5. The molecule has 0 aromatic heterocycles. The summed E-state index contributed by atoms with van der Waals surface area (Å²) in [4.78, 5) is 4.40. The van der Waals surface area contributed by atoms with Gasteiger partial charge in [-0.05, 0) is 38.0 Å². The molecule has 0 saturated carbocycles. The van der Waals surface area contributed by atoms with Crippen LogP contribution in [0, 0.1) is 5.82 Å². The predicted octanol–water partition coefficient (Wildman–Crippen LogP) is 2.56. The van der Waals surface area contributed by atoms with E-state index in [1.54, 1.807) is 12.1 Å². The molecule has 102 valence electrons. The van der Waals surface area contributed by atoms with E-state index in [0.29, 0.717) is 6.54 Å². The first-order chi connectivity index (χ1) is 8.26. The smallest absolute Gasteiger partial charge is 0.191 e. The Labute approximate surface area is 125 Å². The molecular weight excluding hydrogens is 344 g/mol. The van der Waals surface area contributed by atoms with E-state index in [-0.39, 0.29) is 29.8 Å². The Bertz CT molecular complexity index is 361. The highest BCUT2D eigenvalue weighted by atomic mass is 127. The molecule has 0 aliphatic carbocycles. The van der Waals surface area contributed by atoms with Crippen LogP contribution in [0.2, 0.25) is 0 Å². The maximum Gasteiger partial charge on any atom is 0.191 e. The summed E-state index contributed by atoms with van der Waals surface area (Å²) >= 11 is 0. The largest absolute Gasteiger partial charge is 0.357 e. The number of halogens is 2. The fourth-order valence-electron chi connectivity index (χ4n) is 1.50. The van der Waals surface area contributed by atoms with Crippen molar-refractivity contribution >= 4 is 29.9 Å². The van der Waals surface area contributed by atoms with Crippen LogP contribution in [0.1, 0.15) is 19.4 Å². The van der Waals surface area contributed by atoms with Gasteiger partial charge in [0.25, 0.3) is 0 Å². The van der Waals surface area contributed by atoms with Gasteiger partial charge in [-0.2, -0.15) is 0 Å². The van der Waals surface area contributed by atoms with Crippen LogP contribution in [0.4, 0.5) is 4.39 Å². The topological polar surface area (TPSA) is 36.4 Å². The van der Waals surface area contributed by atoms with Crippen LogP contribution in [0.5, 0.6) is 0 Å². The van der Waals surface area contributed by atoms with Crippen LogP contribution in [0.3, 0.4) is 0 Å². The van der Waals surface area contributed by atoms with Crippen LogP contribution in [-0.2, 0) is 6.42 Å². The average Bonchev–Trinajstić information content (AvgIpc) is 2.30. The molecule has 0 bridgehead atoms. The van der Waals surface area contributed by atoms with E-state index in [9.17, 15) is 4.39 Å². The van der Waals surface area contributed by atoms with E-state index in [4.69, 9.17) is 0 Å². The van der Waals surface area contributed by atoms with Gasteiger partial charge in [0.1, 0.15) is 5.82 Å². The monoisotopic (exact) mass is 365 g/mol. The second-order valence-electron chi connectivity index (χ2n) is 3.67. The van der Waals surface area contributed by atoms with Gasteiger partial charge in [0, 0.05) is 19.6 Å². The van der Waals surface area contributed by atoms with E-state index in [2.05, 4.69) is 15.6 Å². The molecule has 2 N–H and O–H groups in total. The third kappa shape index (κ3) is 6.78. The molecule has 0 spiro atoms. The lowest BCUT2D eigenvalue weighted by molar-refractivity contribution is 0.625. The number of guanidine groups is 1. The first kappa shape index (κ1) is 17.2. The van der Waals surface area contributed by atoms with Crippen LogP contribution in [0.25, 0.3) is 0 Å². The first-order valence-electron chi connectivity index (χ1n) is 6.03. The van der Waals surface area contributed by atoms with E-state index in [1.807, 2.05) is 19.9 Å². The Morgan fingerprint density at radius 1 is 1.22 bits per heavy atom. The molecule has 0 radical (unpaired) electrons. The summed E-state index contributed by atoms with van der Waals surface area (Å²) in [5.74, 6) is 0.622. The zero-order valence-corrected chi connectivity index (χ0v) is 13.2. The molecule has 0 fully saturated rings. The Morgan fingerprint density at radius 2 is 1.89 bits per heavy atom. The van der Waals surface area contributed by atoms with Gasteiger partial charge in [0.2, 0.25) is 0 Å². The molecule has 0 amide bonds. The highest BCUT2D eigenvalue weighted by molar-refractivity contribution is 14.0. The molecule has 1 aromatic carbocycles. The highest BCUT2D eigenvalue weighted by Crippen LogP contribution is 2.04. The normalized spacial score (nSPS) is 9.28. The minimum Gasteiger partial charge on any atom is -0.357 e. The molecule has 0 atom stereocenters. The average molecular weight is 365 g/mol. The van der Waals surface area contributed by atoms with Crippen LogP contribution in [0.15, 0.2) is 29.3 Å².